The molecule has 0 spiro atoms. The molecule has 68 heavy (non-hydrogen) atoms. The third kappa shape index (κ3) is 9.29. The topological polar surface area (TPSA) is 223 Å². The first kappa shape index (κ1) is 45.0. The van der Waals surface area contributed by atoms with Crippen LogP contribution in [0.15, 0.2) is 192 Å². The van der Waals surface area contributed by atoms with Gasteiger partial charge < -0.3 is 19.5 Å². The Hall–Kier alpha value is -8.16. The van der Waals surface area contributed by atoms with E-state index in [0.717, 1.165) is 27.9 Å². The van der Waals surface area contributed by atoms with Gasteiger partial charge in [0.2, 0.25) is 0 Å². The summed E-state index contributed by atoms with van der Waals surface area (Å²) in [5.74, 6) is 1.57. The van der Waals surface area contributed by atoms with E-state index < -0.39 is 20.2 Å². The molecule has 0 amide bonds. The van der Waals surface area contributed by atoms with Crippen LogP contribution in [0.3, 0.4) is 0 Å². The standard InChI is InChI=1S/C50H39N7O9S2/c1-4-66-47-29-46(56-52-34-14-12-30-8-7-11-48(41(30)27-34)68(61,62)63)38-9-5-6-10-40(38)49(47)57-54-43-24-25-44(42-28-36(67(58,59)60)20-22-39(42)43)53-55-45-23-13-31-26-33(17-21-37(31)50(45)65-3)51-32-15-18-35(64-2)19-16-32/h5-29,51H,4H2,1-3H3,(H,58,59,60)(H,61,62,63). The maximum atomic E-state index is 12.4. The van der Waals surface area contributed by atoms with Gasteiger partial charge in [0.05, 0.1) is 48.5 Å². The summed E-state index contributed by atoms with van der Waals surface area (Å²) in [5, 5.41) is 35.4. The van der Waals surface area contributed by atoms with Crippen molar-refractivity contribution in [3.63, 3.8) is 0 Å². The number of nitrogens with one attached hydrogen (secondary N) is 1. The average molecular weight is 946 g/mol. The van der Waals surface area contributed by atoms with Crippen molar-refractivity contribution in [2.45, 2.75) is 16.7 Å². The molecule has 0 saturated carbocycles. The highest BCUT2D eigenvalue weighted by Gasteiger charge is 2.18. The second-order valence-corrected chi connectivity index (χ2v) is 18.0. The van der Waals surface area contributed by atoms with Gasteiger partial charge in [0.1, 0.15) is 27.8 Å². The van der Waals surface area contributed by atoms with E-state index in [4.69, 9.17) is 14.2 Å². The summed E-state index contributed by atoms with van der Waals surface area (Å²) in [5.41, 5.74) is 3.94. The predicted octanol–water partition coefficient (Wildman–Crippen LogP) is 14.2. The number of ether oxygens (including phenoxy) is 3. The zero-order chi connectivity index (χ0) is 47.6. The van der Waals surface area contributed by atoms with Crippen molar-refractivity contribution in [2.24, 2.45) is 30.7 Å². The first-order chi connectivity index (χ1) is 32.8. The average Bonchev–Trinajstić information content (AvgIpc) is 3.34. The third-order valence-corrected chi connectivity index (χ3v) is 12.7. The molecule has 9 aromatic rings. The van der Waals surface area contributed by atoms with Gasteiger partial charge in [-0.25, -0.2) is 0 Å². The van der Waals surface area contributed by atoms with Gasteiger partial charge in [0.15, 0.2) is 5.75 Å². The Kier molecular flexibility index (Phi) is 12.3. The van der Waals surface area contributed by atoms with Crippen LogP contribution in [0.25, 0.3) is 43.1 Å². The Morgan fingerprint density at radius 1 is 0.500 bits per heavy atom. The summed E-state index contributed by atoms with van der Waals surface area (Å²) in [6, 6.07) is 43.0. The van der Waals surface area contributed by atoms with E-state index in [1.807, 2.05) is 79.7 Å². The highest BCUT2D eigenvalue weighted by atomic mass is 32.2. The first-order valence-corrected chi connectivity index (χ1v) is 23.7. The molecule has 340 valence electrons. The number of hydrogen-bond donors (Lipinski definition) is 3. The predicted molar refractivity (Wildman–Crippen MR) is 262 cm³/mol. The second kappa shape index (κ2) is 18.6. The number of anilines is 2. The zero-order valence-electron chi connectivity index (χ0n) is 36.4. The van der Waals surface area contributed by atoms with E-state index in [0.29, 0.717) is 72.3 Å². The van der Waals surface area contributed by atoms with Crippen LogP contribution in [0.5, 0.6) is 17.2 Å². The van der Waals surface area contributed by atoms with Gasteiger partial charge in [-0.1, -0.05) is 54.6 Å². The van der Waals surface area contributed by atoms with Crippen LogP contribution >= 0.6 is 0 Å². The highest BCUT2D eigenvalue weighted by Crippen LogP contribution is 2.45. The molecule has 0 radical (unpaired) electrons. The second-order valence-electron chi connectivity index (χ2n) is 15.2. The molecule has 0 bridgehead atoms. The summed E-state index contributed by atoms with van der Waals surface area (Å²) < 4.78 is 86.0. The molecule has 0 aromatic heterocycles. The van der Waals surface area contributed by atoms with E-state index in [9.17, 15) is 25.9 Å². The molecule has 0 aliphatic carbocycles. The number of methoxy groups -OCH3 is 2. The summed E-state index contributed by atoms with van der Waals surface area (Å²) in [7, 11) is -5.95. The van der Waals surface area contributed by atoms with E-state index in [1.165, 1.54) is 30.3 Å². The van der Waals surface area contributed by atoms with Gasteiger partial charge >= 0.3 is 0 Å². The Balaban J connectivity index is 1.06. The number of nitrogens with zero attached hydrogens (tertiary/aromatic N) is 6. The lowest BCUT2D eigenvalue weighted by molar-refractivity contribution is 0.342. The molecule has 0 atom stereocenters. The summed E-state index contributed by atoms with van der Waals surface area (Å²) in [6.45, 7) is 2.09. The molecule has 9 aromatic carbocycles. The van der Waals surface area contributed by atoms with Crippen molar-refractivity contribution in [3.05, 3.63) is 152 Å². The minimum Gasteiger partial charge on any atom is -0.497 e. The zero-order valence-corrected chi connectivity index (χ0v) is 38.0. The van der Waals surface area contributed by atoms with Crippen LogP contribution in [0.2, 0.25) is 0 Å². The van der Waals surface area contributed by atoms with Crippen molar-refractivity contribution in [1.29, 1.82) is 0 Å². The fraction of sp³-hybridized carbons (Fsp3) is 0.0800. The fourth-order valence-electron chi connectivity index (χ4n) is 7.74. The molecular formula is C50H39N7O9S2. The minimum atomic E-state index is -4.61. The molecule has 9 rings (SSSR count). The first-order valence-electron chi connectivity index (χ1n) is 20.8. The van der Waals surface area contributed by atoms with Crippen molar-refractivity contribution >= 4 is 109 Å². The lowest BCUT2D eigenvalue weighted by Gasteiger charge is -2.12. The SMILES string of the molecule is CCOc1cc(N=Nc2ccc3cccc(S(=O)(=O)O)c3c2)c2ccccc2c1N=Nc1ccc(N=Nc2ccc3cc(Nc4ccc(OC)cc4)ccc3c2OC)c2cc(S(=O)(=O)O)ccc12. The number of rotatable bonds is 14. The van der Waals surface area contributed by atoms with Crippen molar-refractivity contribution in [3.8, 4) is 17.2 Å². The quantitative estimate of drug-likeness (QED) is 0.0691. The van der Waals surface area contributed by atoms with E-state index in [1.54, 1.807) is 62.8 Å². The van der Waals surface area contributed by atoms with Crippen LogP contribution in [0.1, 0.15) is 6.92 Å². The Morgan fingerprint density at radius 2 is 1.16 bits per heavy atom. The van der Waals surface area contributed by atoms with E-state index >= 15 is 0 Å². The number of hydrogen-bond acceptors (Lipinski definition) is 14. The van der Waals surface area contributed by atoms with Crippen molar-refractivity contribution in [1.82, 2.24) is 0 Å². The van der Waals surface area contributed by atoms with Gasteiger partial charge in [0, 0.05) is 49.8 Å². The Morgan fingerprint density at radius 3 is 1.90 bits per heavy atom. The van der Waals surface area contributed by atoms with Crippen molar-refractivity contribution in [2.75, 3.05) is 26.1 Å². The lowest BCUT2D eigenvalue weighted by atomic mass is 10.1. The smallest absolute Gasteiger partial charge is 0.295 e. The van der Waals surface area contributed by atoms with Crippen LogP contribution in [0, 0.1) is 0 Å². The van der Waals surface area contributed by atoms with Crippen LogP contribution in [-0.2, 0) is 20.2 Å². The largest absolute Gasteiger partial charge is 0.497 e. The maximum absolute atomic E-state index is 12.4. The molecule has 0 aliphatic heterocycles. The van der Waals surface area contributed by atoms with Crippen LogP contribution < -0.4 is 19.5 Å². The third-order valence-electron chi connectivity index (χ3n) is 10.9. The molecule has 0 heterocycles. The summed E-state index contributed by atoms with van der Waals surface area (Å²) >= 11 is 0. The Bertz CT molecular complexity index is 3770. The summed E-state index contributed by atoms with van der Waals surface area (Å²) in [4.78, 5) is -0.595. The molecule has 0 unspecified atom stereocenters. The van der Waals surface area contributed by atoms with Gasteiger partial charge in [-0.05, 0) is 109 Å². The van der Waals surface area contributed by atoms with Gasteiger partial charge in [-0.2, -0.15) is 21.9 Å². The molecule has 0 saturated heterocycles. The van der Waals surface area contributed by atoms with Crippen molar-refractivity contribution < 1.29 is 40.2 Å². The molecule has 3 N–H and O–H groups in total. The van der Waals surface area contributed by atoms with E-state index in [2.05, 4.69) is 36.0 Å². The molecular weight excluding hydrogens is 907 g/mol. The molecule has 18 heteroatoms. The van der Waals surface area contributed by atoms with Gasteiger partial charge in [-0.15, -0.1) is 25.6 Å². The van der Waals surface area contributed by atoms with Gasteiger partial charge in [-0.3, -0.25) is 9.11 Å². The lowest BCUT2D eigenvalue weighted by Crippen LogP contribution is -1.98. The highest BCUT2D eigenvalue weighted by molar-refractivity contribution is 7.86. The summed E-state index contributed by atoms with van der Waals surface area (Å²) in [6.07, 6.45) is 0. The molecule has 16 nitrogen and oxygen atoms in total. The van der Waals surface area contributed by atoms with E-state index in [-0.39, 0.29) is 22.1 Å². The van der Waals surface area contributed by atoms with Crippen LogP contribution in [0.4, 0.5) is 45.5 Å². The number of azo groups is 3. The number of benzene rings is 9. The maximum Gasteiger partial charge on any atom is 0.295 e. The minimum absolute atomic E-state index is 0.243. The Labute approximate surface area is 389 Å². The van der Waals surface area contributed by atoms with Crippen LogP contribution in [-0.4, -0.2) is 46.8 Å². The fourth-order valence-corrected chi connectivity index (χ4v) is 8.95. The normalized spacial score (nSPS) is 12.3. The molecule has 0 fully saturated rings. The number of fused-ring (bicyclic) bond motifs is 4. The molecule has 0 aliphatic rings. The monoisotopic (exact) mass is 945 g/mol. The van der Waals surface area contributed by atoms with Gasteiger partial charge in [0.25, 0.3) is 20.2 Å².